The maximum Gasteiger partial charge on any atom is 0.351 e. The molecule has 0 bridgehead atoms. The highest BCUT2D eigenvalue weighted by Crippen LogP contribution is 2.43. The smallest absolute Gasteiger partial charge is 0.351 e. The Morgan fingerprint density at radius 3 is 2.33 bits per heavy atom. The predicted molar refractivity (Wildman–Crippen MR) is 140 cm³/mol. The lowest BCUT2D eigenvalue weighted by Crippen LogP contribution is -2.58. The summed E-state index contributed by atoms with van der Waals surface area (Å²) in [5, 5.41) is 0. The number of carbonyl (C=O) groups excluding carboxylic acids is 1. The molecule has 0 unspecified atom stereocenters. The maximum absolute atomic E-state index is 12.8. The molecule has 2 heterocycles. The summed E-state index contributed by atoms with van der Waals surface area (Å²) in [5.74, 6) is -0.340. The third-order valence-corrected chi connectivity index (χ3v) is 13.0. The molecule has 10 heteroatoms. The second-order valence-corrected chi connectivity index (χ2v) is 15.8. The SMILES string of the molecule is CC(C)[Si](OC[C@@]1(COC(=O)c2ccccc2)COC[C@H](n2ccc(N)nc2=O)O1)(C(C)C)C(C)C. The summed E-state index contributed by atoms with van der Waals surface area (Å²) in [6.45, 7) is 13.6. The molecule has 198 valence electrons. The number of anilines is 1. The highest BCUT2D eigenvalue weighted by atomic mass is 28.4. The molecule has 0 radical (unpaired) electrons. The van der Waals surface area contributed by atoms with E-state index in [2.05, 4.69) is 46.5 Å². The van der Waals surface area contributed by atoms with Crippen LogP contribution in [-0.4, -0.2) is 55.9 Å². The lowest BCUT2D eigenvalue weighted by molar-refractivity contribution is -0.247. The largest absolute Gasteiger partial charge is 0.459 e. The number of hydrogen-bond acceptors (Lipinski definition) is 8. The number of benzene rings is 1. The second kappa shape index (κ2) is 11.7. The van der Waals surface area contributed by atoms with Crippen LogP contribution in [0.15, 0.2) is 47.4 Å². The average Bonchev–Trinajstić information content (AvgIpc) is 2.83. The first-order valence-corrected chi connectivity index (χ1v) is 14.6. The Labute approximate surface area is 214 Å². The van der Waals surface area contributed by atoms with E-state index in [1.54, 1.807) is 24.3 Å². The van der Waals surface area contributed by atoms with Gasteiger partial charge in [-0.15, -0.1) is 0 Å². The molecular weight excluding hydrogens is 478 g/mol. The van der Waals surface area contributed by atoms with Gasteiger partial charge >= 0.3 is 11.7 Å². The van der Waals surface area contributed by atoms with Gasteiger partial charge in [-0.05, 0) is 34.8 Å². The molecule has 1 fully saturated rings. The number of nitrogens with two attached hydrogens (primary N) is 1. The van der Waals surface area contributed by atoms with Gasteiger partial charge in [0.1, 0.15) is 18.0 Å². The van der Waals surface area contributed by atoms with E-state index in [4.69, 9.17) is 24.4 Å². The number of ether oxygens (including phenoxy) is 3. The number of nitrogen functional groups attached to an aromatic ring is 1. The minimum atomic E-state index is -2.27. The molecule has 1 aromatic heterocycles. The molecule has 2 aromatic rings. The summed E-state index contributed by atoms with van der Waals surface area (Å²) in [5.41, 5.74) is 5.51. The summed E-state index contributed by atoms with van der Waals surface area (Å²) in [6, 6.07) is 10.3. The third kappa shape index (κ3) is 6.05. The number of nitrogens with zero attached hydrogens (tertiary/aromatic N) is 2. The van der Waals surface area contributed by atoms with Crippen molar-refractivity contribution in [3.8, 4) is 0 Å². The van der Waals surface area contributed by atoms with Gasteiger partial charge in [0.05, 0.1) is 25.4 Å². The molecule has 0 saturated carbocycles. The first kappa shape index (κ1) is 28.0. The first-order valence-electron chi connectivity index (χ1n) is 12.5. The molecule has 0 aliphatic carbocycles. The van der Waals surface area contributed by atoms with Crippen LogP contribution in [0.25, 0.3) is 0 Å². The fraction of sp³-hybridized carbons (Fsp3) is 0.577. The van der Waals surface area contributed by atoms with Crippen molar-refractivity contribution < 1.29 is 23.4 Å². The van der Waals surface area contributed by atoms with Crippen molar-refractivity contribution in [1.82, 2.24) is 9.55 Å². The van der Waals surface area contributed by atoms with Gasteiger partial charge in [-0.1, -0.05) is 59.7 Å². The molecule has 3 rings (SSSR count). The Morgan fingerprint density at radius 2 is 1.75 bits per heavy atom. The van der Waals surface area contributed by atoms with Gasteiger partial charge < -0.3 is 24.4 Å². The number of hydrogen-bond donors (Lipinski definition) is 1. The van der Waals surface area contributed by atoms with Crippen LogP contribution in [0, 0.1) is 0 Å². The molecule has 1 aliphatic heterocycles. The fourth-order valence-corrected chi connectivity index (χ4v) is 10.8. The topological polar surface area (TPSA) is 115 Å². The van der Waals surface area contributed by atoms with Crippen molar-refractivity contribution in [3.05, 3.63) is 58.6 Å². The van der Waals surface area contributed by atoms with E-state index < -0.39 is 31.8 Å². The van der Waals surface area contributed by atoms with Crippen molar-refractivity contribution in [1.29, 1.82) is 0 Å². The van der Waals surface area contributed by atoms with Gasteiger partial charge in [0.25, 0.3) is 0 Å². The van der Waals surface area contributed by atoms with Crippen molar-refractivity contribution in [2.24, 2.45) is 0 Å². The highest BCUT2D eigenvalue weighted by Gasteiger charge is 2.49. The normalized spacial score (nSPS) is 20.8. The van der Waals surface area contributed by atoms with Crippen LogP contribution < -0.4 is 11.4 Å². The lowest BCUT2D eigenvalue weighted by atomic mass is 10.1. The summed E-state index contributed by atoms with van der Waals surface area (Å²) in [6.07, 6.45) is 0.757. The summed E-state index contributed by atoms with van der Waals surface area (Å²) < 4.78 is 26.3. The predicted octanol–water partition coefficient (Wildman–Crippen LogP) is 4.16. The van der Waals surface area contributed by atoms with Crippen LogP contribution in [0.5, 0.6) is 0 Å². The van der Waals surface area contributed by atoms with Crippen LogP contribution in [0.3, 0.4) is 0 Å². The molecule has 2 atom stereocenters. The number of carbonyl (C=O) groups is 1. The van der Waals surface area contributed by atoms with Crippen molar-refractivity contribution in [3.63, 3.8) is 0 Å². The summed E-state index contributed by atoms with van der Waals surface area (Å²) >= 11 is 0. The Bertz CT molecular complexity index is 1050. The summed E-state index contributed by atoms with van der Waals surface area (Å²) in [4.78, 5) is 29.1. The van der Waals surface area contributed by atoms with Crippen LogP contribution in [0.2, 0.25) is 16.6 Å². The molecule has 36 heavy (non-hydrogen) atoms. The van der Waals surface area contributed by atoms with E-state index in [9.17, 15) is 9.59 Å². The monoisotopic (exact) mass is 517 g/mol. The zero-order valence-corrected chi connectivity index (χ0v) is 23.1. The van der Waals surface area contributed by atoms with Crippen molar-refractivity contribution in [2.45, 2.75) is 70.0 Å². The molecule has 1 aromatic carbocycles. The molecule has 9 nitrogen and oxygen atoms in total. The molecule has 1 aliphatic rings. The maximum atomic E-state index is 12.8. The van der Waals surface area contributed by atoms with Crippen LogP contribution in [-0.2, 0) is 18.6 Å². The Hall–Kier alpha value is -2.53. The van der Waals surface area contributed by atoms with Gasteiger partial charge in [0.15, 0.2) is 14.5 Å². The first-order chi connectivity index (χ1) is 17.0. The zero-order chi connectivity index (χ0) is 26.5. The number of aromatic nitrogens is 2. The molecular formula is C26H39N3O6Si. The van der Waals surface area contributed by atoms with E-state index in [-0.39, 0.29) is 32.2 Å². The minimum Gasteiger partial charge on any atom is -0.459 e. The highest BCUT2D eigenvalue weighted by molar-refractivity contribution is 6.77. The van der Waals surface area contributed by atoms with E-state index in [0.717, 1.165) is 0 Å². The zero-order valence-electron chi connectivity index (χ0n) is 22.1. The van der Waals surface area contributed by atoms with E-state index in [1.807, 2.05) is 6.07 Å². The lowest BCUT2D eigenvalue weighted by Gasteiger charge is -2.46. The Balaban J connectivity index is 1.91. The van der Waals surface area contributed by atoms with Gasteiger partial charge in [-0.3, -0.25) is 4.57 Å². The van der Waals surface area contributed by atoms with Gasteiger partial charge in [0, 0.05) is 6.20 Å². The van der Waals surface area contributed by atoms with E-state index in [0.29, 0.717) is 22.2 Å². The molecule has 2 N–H and O–H groups in total. The fourth-order valence-electron chi connectivity index (χ4n) is 5.29. The molecule has 0 spiro atoms. The van der Waals surface area contributed by atoms with Gasteiger partial charge in [-0.25, -0.2) is 9.59 Å². The Morgan fingerprint density at radius 1 is 1.11 bits per heavy atom. The molecule has 0 amide bonds. The second-order valence-electron chi connectivity index (χ2n) is 10.4. The van der Waals surface area contributed by atoms with E-state index >= 15 is 0 Å². The molecule has 1 saturated heterocycles. The van der Waals surface area contributed by atoms with Crippen LogP contribution in [0.1, 0.15) is 58.1 Å². The quantitative estimate of drug-likeness (QED) is 0.369. The summed E-state index contributed by atoms with van der Waals surface area (Å²) in [7, 11) is -2.27. The van der Waals surface area contributed by atoms with Crippen molar-refractivity contribution >= 4 is 20.1 Å². The number of rotatable bonds is 10. The van der Waals surface area contributed by atoms with Crippen LogP contribution >= 0.6 is 0 Å². The van der Waals surface area contributed by atoms with Crippen LogP contribution in [0.4, 0.5) is 5.82 Å². The standard InChI is InChI=1S/C26H39N3O6Si/c1-18(2)36(19(3)4,20(5)6)34-17-26(16-33-24(30)21-10-8-7-9-11-21)15-32-14-23(35-26)29-13-12-22(27)28-25(29)31/h7-13,18-20,23H,14-17H2,1-6H3,(H2,27,28,31)/t23-,26+/m1/s1. The average molecular weight is 518 g/mol. The number of esters is 1. The van der Waals surface area contributed by atoms with Crippen molar-refractivity contribution in [2.75, 3.05) is 32.2 Å². The van der Waals surface area contributed by atoms with Gasteiger partial charge in [-0.2, -0.15) is 4.98 Å². The van der Waals surface area contributed by atoms with E-state index in [1.165, 1.54) is 16.8 Å². The minimum absolute atomic E-state index is 0.0901. The third-order valence-electron chi connectivity index (χ3n) is 6.94. The van der Waals surface area contributed by atoms with Gasteiger partial charge in [0.2, 0.25) is 0 Å². The Kier molecular flexibility index (Phi) is 9.10.